The molecule has 3 aromatic carbocycles. The minimum atomic E-state index is -0.557. The molecule has 7 heteroatoms. The molecule has 0 fully saturated rings. The van der Waals surface area contributed by atoms with Gasteiger partial charge in [-0.2, -0.15) is 0 Å². The molecule has 0 aliphatic carbocycles. The summed E-state index contributed by atoms with van der Waals surface area (Å²) in [7, 11) is 0. The topological polar surface area (TPSA) is 84.3 Å². The number of aromatic nitrogens is 1. The van der Waals surface area contributed by atoms with Gasteiger partial charge in [0.15, 0.2) is 5.58 Å². The lowest BCUT2D eigenvalue weighted by Crippen LogP contribution is -2.13. The highest BCUT2D eigenvalue weighted by atomic mass is 19.1. The molecule has 0 unspecified atom stereocenters. The van der Waals surface area contributed by atoms with Crippen molar-refractivity contribution in [3.63, 3.8) is 0 Å². The number of oxazole rings is 1. The van der Waals surface area contributed by atoms with E-state index in [-0.39, 0.29) is 18.3 Å². The van der Waals surface area contributed by atoms with Crippen molar-refractivity contribution in [2.45, 2.75) is 6.61 Å². The van der Waals surface area contributed by atoms with Crippen molar-refractivity contribution in [3.05, 3.63) is 94.2 Å². The number of aromatic amines is 1. The van der Waals surface area contributed by atoms with Gasteiger partial charge in [-0.25, -0.2) is 9.18 Å². The third kappa shape index (κ3) is 3.78. The monoisotopic (exact) mass is 378 g/mol. The van der Waals surface area contributed by atoms with Crippen LogP contribution in [0.2, 0.25) is 0 Å². The number of H-pyrrole nitrogens is 1. The van der Waals surface area contributed by atoms with Crippen LogP contribution < -0.4 is 15.8 Å². The molecule has 0 saturated heterocycles. The Bertz CT molecular complexity index is 1190. The van der Waals surface area contributed by atoms with Crippen molar-refractivity contribution in [2.75, 3.05) is 5.32 Å². The average molecular weight is 378 g/mol. The second-order valence-corrected chi connectivity index (χ2v) is 6.09. The van der Waals surface area contributed by atoms with Crippen LogP contribution in [0.3, 0.4) is 0 Å². The number of anilines is 1. The van der Waals surface area contributed by atoms with Crippen LogP contribution in [0.4, 0.5) is 10.1 Å². The summed E-state index contributed by atoms with van der Waals surface area (Å²) in [6.45, 7) is 0.201. The quantitative estimate of drug-likeness (QED) is 0.548. The molecule has 0 bridgehead atoms. The van der Waals surface area contributed by atoms with E-state index in [9.17, 15) is 14.0 Å². The van der Waals surface area contributed by atoms with Crippen LogP contribution in [-0.2, 0) is 6.61 Å². The highest BCUT2D eigenvalue weighted by molar-refractivity contribution is 6.06. The van der Waals surface area contributed by atoms with E-state index in [4.69, 9.17) is 9.15 Å². The lowest BCUT2D eigenvalue weighted by Gasteiger charge is -2.12. The Balaban J connectivity index is 1.51. The normalized spacial score (nSPS) is 10.8. The van der Waals surface area contributed by atoms with Gasteiger partial charge in [-0.15, -0.1) is 0 Å². The smallest absolute Gasteiger partial charge is 0.417 e. The van der Waals surface area contributed by atoms with E-state index in [0.717, 1.165) is 5.56 Å². The number of carbonyl (C=O) groups excluding carboxylic acids is 1. The molecule has 140 valence electrons. The summed E-state index contributed by atoms with van der Waals surface area (Å²) in [5.74, 6) is -0.834. The van der Waals surface area contributed by atoms with Gasteiger partial charge in [0.05, 0.1) is 11.1 Å². The van der Waals surface area contributed by atoms with Gasteiger partial charge in [0.1, 0.15) is 18.2 Å². The van der Waals surface area contributed by atoms with Gasteiger partial charge in [0.25, 0.3) is 5.91 Å². The Morgan fingerprint density at radius 2 is 1.86 bits per heavy atom. The van der Waals surface area contributed by atoms with Crippen molar-refractivity contribution >= 4 is 22.7 Å². The fourth-order valence-electron chi connectivity index (χ4n) is 2.75. The SMILES string of the molecule is O=C(Nc1ccc2oc(=O)[nH]c2c1)c1ccccc1OCc1ccc(F)cc1. The van der Waals surface area contributed by atoms with Crippen LogP contribution in [0.15, 0.2) is 75.9 Å². The molecule has 28 heavy (non-hydrogen) atoms. The van der Waals surface area contributed by atoms with E-state index in [1.165, 1.54) is 12.1 Å². The highest BCUT2D eigenvalue weighted by Gasteiger charge is 2.13. The Morgan fingerprint density at radius 1 is 1.07 bits per heavy atom. The fourth-order valence-corrected chi connectivity index (χ4v) is 2.75. The number of benzene rings is 3. The van der Waals surface area contributed by atoms with Gasteiger partial charge in [-0.3, -0.25) is 9.78 Å². The van der Waals surface area contributed by atoms with E-state index in [1.807, 2.05) is 0 Å². The van der Waals surface area contributed by atoms with Crippen LogP contribution in [-0.4, -0.2) is 10.9 Å². The Hall–Kier alpha value is -3.87. The molecule has 4 rings (SSSR count). The lowest BCUT2D eigenvalue weighted by molar-refractivity contribution is 0.102. The first-order valence-electron chi connectivity index (χ1n) is 8.49. The first-order valence-corrected chi connectivity index (χ1v) is 8.49. The number of hydrogen-bond donors (Lipinski definition) is 2. The van der Waals surface area contributed by atoms with Crippen molar-refractivity contribution in [1.29, 1.82) is 0 Å². The zero-order chi connectivity index (χ0) is 19.5. The Kier molecular flexibility index (Phi) is 4.63. The number of hydrogen-bond acceptors (Lipinski definition) is 4. The summed E-state index contributed by atoms with van der Waals surface area (Å²) in [4.78, 5) is 26.5. The molecule has 1 aromatic heterocycles. The number of para-hydroxylation sites is 1. The number of fused-ring (bicyclic) bond motifs is 1. The molecule has 0 spiro atoms. The molecular formula is C21H15FN2O4. The maximum atomic E-state index is 13.0. The first-order chi connectivity index (χ1) is 13.6. The summed E-state index contributed by atoms with van der Waals surface area (Å²) < 4.78 is 23.7. The van der Waals surface area contributed by atoms with Crippen molar-refractivity contribution in [1.82, 2.24) is 4.98 Å². The van der Waals surface area contributed by atoms with Gasteiger partial charge in [-0.05, 0) is 48.0 Å². The van der Waals surface area contributed by atoms with Crippen LogP contribution in [0.1, 0.15) is 15.9 Å². The largest absolute Gasteiger partial charge is 0.488 e. The number of carbonyl (C=O) groups is 1. The van der Waals surface area contributed by atoms with E-state index >= 15 is 0 Å². The standard InChI is InChI=1S/C21H15FN2O4/c22-14-7-5-13(6-8-14)12-27-18-4-2-1-3-16(18)20(25)23-15-9-10-19-17(11-15)24-21(26)28-19/h1-11H,12H2,(H,23,25)(H,24,26). The number of ether oxygens (including phenoxy) is 1. The molecule has 0 aliphatic rings. The Labute approximate surface area is 158 Å². The molecular weight excluding hydrogens is 363 g/mol. The van der Waals surface area contributed by atoms with E-state index in [0.29, 0.717) is 28.1 Å². The fraction of sp³-hybridized carbons (Fsp3) is 0.0476. The first kappa shape index (κ1) is 17.5. The number of halogens is 1. The minimum Gasteiger partial charge on any atom is -0.488 e. The third-order valence-corrected chi connectivity index (χ3v) is 4.12. The molecule has 1 amide bonds. The van der Waals surface area contributed by atoms with Crippen LogP contribution in [0.25, 0.3) is 11.1 Å². The summed E-state index contributed by atoms with van der Waals surface area (Å²) in [6.07, 6.45) is 0. The molecule has 4 aromatic rings. The molecule has 0 saturated carbocycles. The summed E-state index contributed by atoms with van der Waals surface area (Å²) in [5.41, 5.74) is 2.54. The third-order valence-electron chi connectivity index (χ3n) is 4.12. The summed E-state index contributed by atoms with van der Waals surface area (Å²) in [5, 5.41) is 2.77. The van der Waals surface area contributed by atoms with Crippen molar-refractivity contribution in [3.8, 4) is 5.75 Å². The van der Waals surface area contributed by atoms with E-state index in [1.54, 1.807) is 54.6 Å². The summed E-state index contributed by atoms with van der Waals surface area (Å²) >= 11 is 0. The van der Waals surface area contributed by atoms with Crippen molar-refractivity contribution in [2.24, 2.45) is 0 Å². The zero-order valence-corrected chi connectivity index (χ0v) is 14.6. The molecule has 0 atom stereocenters. The highest BCUT2D eigenvalue weighted by Crippen LogP contribution is 2.22. The van der Waals surface area contributed by atoms with Gasteiger partial charge >= 0.3 is 5.76 Å². The second kappa shape index (κ2) is 7.40. The van der Waals surface area contributed by atoms with E-state index < -0.39 is 5.76 Å². The molecule has 0 aliphatic heterocycles. The number of rotatable bonds is 5. The Morgan fingerprint density at radius 3 is 2.68 bits per heavy atom. The maximum Gasteiger partial charge on any atom is 0.417 e. The zero-order valence-electron chi connectivity index (χ0n) is 14.6. The predicted molar refractivity (Wildman–Crippen MR) is 102 cm³/mol. The molecule has 2 N–H and O–H groups in total. The second-order valence-electron chi connectivity index (χ2n) is 6.09. The lowest BCUT2D eigenvalue weighted by atomic mass is 10.1. The van der Waals surface area contributed by atoms with Gasteiger partial charge < -0.3 is 14.5 Å². The number of nitrogens with one attached hydrogen (secondary N) is 2. The minimum absolute atomic E-state index is 0.201. The predicted octanol–water partition coefficient (Wildman–Crippen LogP) is 4.09. The molecule has 6 nitrogen and oxygen atoms in total. The summed E-state index contributed by atoms with van der Waals surface area (Å²) in [6, 6.07) is 17.6. The van der Waals surface area contributed by atoms with Crippen LogP contribution in [0, 0.1) is 5.82 Å². The van der Waals surface area contributed by atoms with Crippen molar-refractivity contribution < 1.29 is 18.3 Å². The maximum absolute atomic E-state index is 13.0. The van der Waals surface area contributed by atoms with Gasteiger partial charge in [-0.1, -0.05) is 24.3 Å². The van der Waals surface area contributed by atoms with Crippen LogP contribution >= 0.6 is 0 Å². The molecule has 0 radical (unpaired) electrons. The molecule has 1 heterocycles. The van der Waals surface area contributed by atoms with E-state index in [2.05, 4.69) is 10.3 Å². The number of amides is 1. The van der Waals surface area contributed by atoms with Gasteiger partial charge in [0, 0.05) is 5.69 Å². The van der Waals surface area contributed by atoms with Gasteiger partial charge in [0.2, 0.25) is 0 Å². The van der Waals surface area contributed by atoms with Crippen LogP contribution in [0.5, 0.6) is 5.75 Å². The average Bonchev–Trinajstić information content (AvgIpc) is 3.07.